The number of hydrogen-bond acceptors (Lipinski definition) is 5. The third-order valence-corrected chi connectivity index (χ3v) is 6.24. The number of aryl methyl sites for hydroxylation is 1. The van der Waals surface area contributed by atoms with Crippen molar-refractivity contribution in [3.8, 4) is 11.5 Å². The predicted molar refractivity (Wildman–Crippen MR) is 134 cm³/mol. The first-order valence-electron chi connectivity index (χ1n) is 11.4. The number of carboxylic acids is 1. The fourth-order valence-electron chi connectivity index (χ4n) is 4.28. The van der Waals surface area contributed by atoms with Crippen molar-refractivity contribution in [2.24, 2.45) is 0 Å². The summed E-state index contributed by atoms with van der Waals surface area (Å²) in [6.07, 6.45) is 2.02. The summed E-state index contributed by atoms with van der Waals surface area (Å²) in [7, 11) is 0. The largest absolute Gasteiger partial charge is 0.478 e. The minimum atomic E-state index is -1.15. The maximum atomic E-state index is 11.6. The Hall–Kier alpha value is -3.39. The van der Waals surface area contributed by atoms with Crippen LogP contribution in [0.3, 0.4) is 0 Å². The van der Waals surface area contributed by atoms with Crippen LogP contribution in [0.4, 0.5) is 5.69 Å². The maximum absolute atomic E-state index is 11.6. The summed E-state index contributed by atoms with van der Waals surface area (Å²) in [4.78, 5) is 23.0. The van der Waals surface area contributed by atoms with Crippen LogP contribution in [-0.4, -0.2) is 34.7 Å². The lowest BCUT2D eigenvalue weighted by molar-refractivity contribution is -0.114. The van der Waals surface area contributed by atoms with Gasteiger partial charge in [0, 0.05) is 24.5 Å². The average Bonchev–Trinajstić information content (AvgIpc) is 2.82. The summed E-state index contributed by atoms with van der Waals surface area (Å²) < 4.78 is 5.95. The van der Waals surface area contributed by atoms with Crippen molar-refractivity contribution >= 4 is 29.2 Å². The quantitative estimate of drug-likeness (QED) is 0.352. The van der Waals surface area contributed by atoms with Crippen LogP contribution in [0.2, 0.25) is 5.02 Å². The number of aliphatic hydroxyl groups is 1. The number of amides is 1. The van der Waals surface area contributed by atoms with E-state index in [1.54, 1.807) is 18.2 Å². The van der Waals surface area contributed by atoms with E-state index in [0.29, 0.717) is 23.1 Å². The number of halogens is 1. The Morgan fingerprint density at radius 1 is 1.09 bits per heavy atom. The Morgan fingerprint density at radius 3 is 2.60 bits per heavy atom. The van der Waals surface area contributed by atoms with E-state index < -0.39 is 12.1 Å². The van der Waals surface area contributed by atoms with E-state index in [0.717, 1.165) is 30.4 Å². The molecule has 0 saturated heterocycles. The molecule has 3 aromatic carbocycles. The number of carbonyl (C=O) groups is 2. The molecular weight excluding hydrogens is 468 g/mol. The zero-order valence-electron chi connectivity index (χ0n) is 19.3. The number of fused-ring (bicyclic) bond motifs is 1. The highest BCUT2D eigenvalue weighted by molar-refractivity contribution is 6.30. The highest BCUT2D eigenvalue weighted by atomic mass is 35.5. The van der Waals surface area contributed by atoms with Gasteiger partial charge in [-0.2, -0.15) is 0 Å². The Morgan fingerprint density at radius 2 is 1.86 bits per heavy atom. The molecule has 3 aromatic rings. The van der Waals surface area contributed by atoms with Gasteiger partial charge < -0.3 is 25.6 Å². The summed E-state index contributed by atoms with van der Waals surface area (Å²) in [5.41, 5.74) is 3.35. The Kier molecular flexibility index (Phi) is 7.70. The third-order valence-electron chi connectivity index (χ3n) is 6.01. The highest BCUT2D eigenvalue weighted by Crippen LogP contribution is 2.31. The van der Waals surface area contributed by atoms with Crippen molar-refractivity contribution < 1.29 is 24.5 Å². The molecule has 0 unspecified atom stereocenters. The lowest BCUT2D eigenvalue weighted by Gasteiger charge is -2.27. The van der Waals surface area contributed by atoms with E-state index in [9.17, 15) is 19.8 Å². The third kappa shape index (κ3) is 6.39. The summed E-state index contributed by atoms with van der Waals surface area (Å²) >= 11 is 6.03. The van der Waals surface area contributed by atoms with Crippen LogP contribution in [0, 0.1) is 0 Å². The average molecular weight is 495 g/mol. The van der Waals surface area contributed by atoms with Crippen molar-refractivity contribution in [3.63, 3.8) is 0 Å². The summed E-state index contributed by atoms with van der Waals surface area (Å²) in [5, 5.41) is 26.6. The normalized spacial score (nSPS) is 15.7. The molecule has 0 aliphatic heterocycles. The lowest BCUT2D eigenvalue weighted by atomic mass is 9.88. The van der Waals surface area contributed by atoms with E-state index >= 15 is 0 Å². The topological polar surface area (TPSA) is 108 Å². The number of anilines is 1. The molecule has 8 heteroatoms. The van der Waals surface area contributed by atoms with Crippen molar-refractivity contribution in [2.45, 2.75) is 38.3 Å². The number of aromatic carboxylic acids is 1. The van der Waals surface area contributed by atoms with E-state index in [-0.39, 0.29) is 23.2 Å². The first-order valence-corrected chi connectivity index (χ1v) is 11.8. The van der Waals surface area contributed by atoms with Gasteiger partial charge in [0.2, 0.25) is 5.91 Å². The van der Waals surface area contributed by atoms with Crippen LogP contribution in [0.15, 0.2) is 60.7 Å². The van der Waals surface area contributed by atoms with Gasteiger partial charge in [-0.25, -0.2) is 4.79 Å². The number of rotatable bonds is 8. The lowest BCUT2D eigenvalue weighted by Crippen LogP contribution is -2.37. The fraction of sp³-hybridized carbons (Fsp3) is 0.259. The van der Waals surface area contributed by atoms with E-state index in [2.05, 4.69) is 10.6 Å². The molecule has 35 heavy (non-hydrogen) atoms. The van der Waals surface area contributed by atoms with Gasteiger partial charge in [0.1, 0.15) is 11.5 Å². The Balaban J connectivity index is 1.42. The van der Waals surface area contributed by atoms with Gasteiger partial charge >= 0.3 is 5.97 Å². The maximum Gasteiger partial charge on any atom is 0.337 e. The first-order chi connectivity index (χ1) is 16.8. The molecule has 7 nitrogen and oxygen atoms in total. The molecule has 0 fully saturated rings. The van der Waals surface area contributed by atoms with Gasteiger partial charge in [0.05, 0.1) is 17.4 Å². The smallest absolute Gasteiger partial charge is 0.337 e. The number of benzene rings is 3. The zero-order valence-corrected chi connectivity index (χ0v) is 20.0. The van der Waals surface area contributed by atoms with Gasteiger partial charge in [-0.1, -0.05) is 29.8 Å². The molecule has 4 N–H and O–H groups in total. The molecule has 0 aromatic heterocycles. The molecular formula is C27H27ClN2O5. The minimum Gasteiger partial charge on any atom is -0.478 e. The molecule has 0 spiro atoms. The second-order valence-corrected chi connectivity index (χ2v) is 9.08. The predicted octanol–water partition coefficient (Wildman–Crippen LogP) is 4.97. The number of ether oxygens (including phenoxy) is 1. The van der Waals surface area contributed by atoms with Crippen LogP contribution >= 0.6 is 11.6 Å². The molecule has 2 atom stereocenters. The molecule has 182 valence electrons. The Bertz CT molecular complexity index is 1250. The first kappa shape index (κ1) is 24.7. The number of hydrogen-bond donors (Lipinski definition) is 4. The van der Waals surface area contributed by atoms with Crippen LogP contribution in [0.25, 0.3) is 0 Å². The number of carboxylic acid groups (broad SMARTS) is 1. The van der Waals surface area contributed by atoms with Gasteiger partial charge in [-0.3, -0.25) is 4.79 Å². The molecule has 0 bridgehead atoms. The van der Waals surface area contributed by atoms with E-state index in [1.165, 1.54) is 24.6 Å². The zero-order chi connectivity index (χ0) is 24.9. The molecule has 0 heterocycles. The number of carbonyl (C=O) groups excluding carboxylic acids is 1. The van der Waals surface area contributed by atoms with Crippen molar-refractivity contribution in [1.82, 2.24) is 5.32 Å². The van der Waals surface area contributed by atoms with Gasteiger partial charge in [0.15, 0.2) is 0 Å². The Labute approximate surface area is 208 Å². The summed E-state index contributed by atoms with van der Waals surface area (Å²) in [6.45, 7) is 1.75. The second-order valence-electron chi connectivity index (χ2n) is 8.65. The van der Waals surface area contributed by atoms with Crippen molar-refractivity contribution in [2.75, 3.05) is 11.9 Å². The van der Waals surface area contributed by atoms with Crippen LogP contribution in [0.1, 0.15) is 46.5 Å². The number of aliphatic hydroxyl groups excluding tert-OH is 1. The second kappa shape index (κ2) is 10.9. The summed E-state index contributed by atoms with van der Waals surface area (Å²) in [6, 6.07) is 17.9. The van der Waals surface area contributed by atoms with Crippen LogP contribution in [0.5, 0.6) is 11.5 Å². The molecule has 4 rings (SSSR count). The van der Waals surface area contributed by atoms with Gasteiger partial charge in [0.25, 0.3) is 0 Å². The SMILES string of the molecule is CC(=O)Nc1ccc(Oc2ccc3c(c2)C[C@@H](NC[C@@H](O)c2cccc(Cl)c2)CC3)cc1C(=O)O. The molecule has 1 amide bonds. The minimum absolute atomic E-state index is 0.0433. The molecule has 1 aliphatic rings. The van der Waals surface area contributed by atoms with E-state index in [4.69, 9.17) is 16.3 Å². The standard InChI is InChI=1S/C27H27ClN2O5/c1-16(31)30-25-10-9-23(14-24(25)27(33)34)35-22-8-6-17-5-7-21(12-19(17)13-22)29-15-26(32)18-3-2-4-20(28)11-18/h2-4,6,8-11,13-14,21,26,29,32H,5,7,12,15H2,1H3,(H,30,31)(H,33,34)/t21-,26+/m0/s1. The van der Waals surface area contributed by atoms with Gasteiger partial charge in [-0.05, 0) is 78.4 Å². The fourth-order valence-corrected chi connectivity index (χ4v) is 4.48. The monoisotopic (exact) mass is 494 g/mol. The molecule has 0 radical (unpaired) electrons. The molecule has 0 saturated carbocycles. The van der Waals surface area contributed by atoms with Gasteiger partial charge in [-0.15, -0.1) is 0 Å². The van der Waals surface area contributed by atoms with Crippen molar-refractivity contribution in [3.05, 3.63) is 87.9 Å². The molecule has 1 aliphatic carbocycles. The number of nitrogens with one attached hydrogen (secondary N) is 2. The highest BCUT2D eigenvalue weighted by Gasteiger charge is 2.21. The summed E-state index contributed by atoms with van der Waals surface area (Å²) in [5.74, 6) is -0.531. The van der Waals surface area contributed by atoms with Crippen molar-refractivity contribution in [1.29, 1.82) is 0 Å². The van der Waals surface area contributed by atoms with Crippen LogP contribution in [-0.2, 0) is 17.6 Å². The van der Waals surface area contributed by atoms with E-state index in [1.807, 2.05) is 30.3 Å². The van der Waals surface area contributed by atoms with Crippen LogP contribution < -0.4 is 15.4 Å².